The Labute approximate surface area is 217 Å². The number of halogens is 2. The molecule has 7 heteroatoms. The summed E-state index contributed by atoms with van der Waals surface area (Å²) in [5, 5.41) is 1.08. The van der Waals surface area contributed by atoms with Crippen molar-refractivity contribution in [2.45, 2.75) is 12.6 Å². The first-order chi connectivity index (χ1) is 17.1. The molecule has 0 radical (unpaired) electrons. The van der Waals surface area contributed by atoms with Crippen LogP contribution in [-0.2, 0) is 11.3 Å². The third-order valence-electron chi connectivity index (χ3n) is 6.93. The van der Waals surface area contributed by atoms with E-state index in [9.17, 15) is 4.79 Å². The van der Waals surface area contributed by atoms with Gasteiger partial charge in [-0.05, 0) is 35.4 Å². The van der Waals surface area contributed by atoms with Crippen LogP contribution in [0.25, 0.3) is 6.08 Å². The molecule has 35 heavy (non-hydrogen) atoms. The molecular weight excluding hydrogens is 479 g/mol. The van der Waals surface area contributed by atoms with E-state index in [4.69, 9.17) is 23.2 Å². The highest BCUT2D eigenvalue weighted by Gasteiger charge is 2.32. The zero-order valence-corrected chi connectivity index (χ0v) is 21.2. The Morgan fingerprint density at radius 2 is 1.69 bits per heavy atom. The zero-order valence-electron chi connectivity index (χ0n) is 19.7. The van der Waals surface area contributed by atoms with Gasteiger partial charge in [0.25, 0.3) is 0 Å². The largest absolute Gasteiger partial charge is 0.348 e. The minimum Gasteiger partial charge on any atom is -0.348 e. The second-order valence-electron chi connectivity index (χ2n) is 9.17. The average molecular weight is 509 g/mol. The molecule has 0 N–H and O–H groups in total. The highest BCUT2D eigenvalue weighted by molar-refractivity contribution is 6.42. The lowest BCUT2D eigenvalue weighted by Gasteiger charge is -2.39. The molecule has 2 aliphatic rings. The van der Waals surface area contributed by atoms with Crippen LogP contribution in [0.5, 0.6) is 0 Å². The first-order valence-electron chi connectivity index (χ1n) is 12.1. The number of rotatable bonds is 6. The number of piperazine rings is 1. The van der Waals surface area contributed by atoms with Crippen molar-refractivity contribution in [3.05, 3.63) is 99.8 Å². The fraction of sp³-hybridized carbons (Fsp3) is 0.321. The summed E-state index contributed by atoms with van der Waals surface area (Å²) in [6.07, 6.45) is 6.47. The molecule has 1 atom stereocenters. The Hall–Kier alpha value is -2.57. The molecule has 1 unspecified atom stereocenters. The maximum absolute atomic E-state index is 13.3. The molecule has 0 aliphatic carbocycles. The van der Waals surface area contributed by atoms with Crippen LogP contribution in [0.15, 0.2) is 72.9 Å². The van der Waals surface area contributed by atoms with Gasteiger partial charge in [-0.15, -0.1) is 0 Å². The van der Waals surface area contributed by atoms with Crippen LogP contribution in [0, 0.1) is 0 Å². The van der Waals surface area contributed by atoms with Crippen LogP contribution < -0.4 is 0 Å². The number of amides is 1. The number of benzene rings is 2. The number of aromatic nitrogens is 1. The molecule has 2 aliphatic heterocycles. The molecule has 3 heterocycles. The Morgan fingerprint density at radius 1 is 0.886 bits per heavy atom. The van der Waals surface area contributed by atoms with Gasteiger partial charge in [0.15, 0.2) is 0 Å². The topological polar surface area (TPSA) is 31.7 Å². The number of carbonyl (C=O) groups excluding carboxylic acids is 1. The van der Waals surface area contributed by atoms with E-state index in [-0.39, 0.29) is 11.9 Å². The highest BCUT2D eigenvalue weighted by atomic mass is 35.5. The van der Waals surface area contributed by atoms with Gasteiger partial charge in [-0.3, -0.25) is 14.6 Å². The molecule has 1 aromatic heterocycles. The lowest BCUT2D eigenvalue weighted by atomic mass is 10.00. The second-order valence-corrected chi connectivity index (χ2v) is 9.98. The molecule has 1 saturated heterocycles. The summed E-state index contributed by atoms with van der Waals surface area (Å²) in [4.78, 5) is 20.0. The van der Waals surface area contributed by atoms with Crippen LogP contribution >= 0.6 is 23.2 Å². The van der Waals surface area contributed by atoms with Crippen molar-refractivity contribution in [3.8, 4) is 0 Å². The fourth-order valence-corrected chi connectivity index (χ4v) is 5.33. The molecule has 1 amide bonds. The van der Waals surface area contributed by atoms with E-state index >= 15 is 0 Å². The van der Waals surface area contributed by atoms with E-state index in [0.717, 1.165) is 51.4 Å². The molecule has 0 bridgehead atoms. The van der Waals surface area contributed by atoms with Gasteiger partial charge >= 0.3 is 0 Å². The SMILES string of the molecule is O=C(CN1CCn2cccc2C1c1ccc(Cl)c(Cl)c1)N1CCN(C/C=C/c2ccccc2)CC1. The van der Waals surface area contributed by atoms with Gasteiger partial charge < -0.3 is 9.47 Å². The predicted octanol–water partition coefficient (Wildman–Crippen LogP) is 5.06. The number of fused-ring (bicyclic) bond motifs is 1. The van der Waals surface area contributed by atoms with Gasteiger partial charge in [-0.1, -0.05) is 71.8 Å². The molecule has 0 spiro atoms. The smallest absolute Gasteiger partial charge is 0.236 e. The van der Waals surface area contributed by atoms with E-state index in [1.54, 1.807) is 0 Å². The van der Waals surface area contributed by atoms with E-state index in [1.807, 2.05) is 29.2 Å². The monoisotopic (exact) mass is 508 g/mol. The number of carbonyl (C=O) groups is 1. The summed E-state index contributed by atoms with van der Waals surface area (Å²) in [7, 11) is 0. The maximum Gasteiger partial charge on any atom is 0.236 e. The summed E-state index contributed by atoms with van der Waals surface area (Å²) in [5.74, 6) is 0.189. The maximum atomic E-state index is 13.3. The highest BCUT2D eigenvalue weighted by Crippen LogP contribution is 2.35. The fourth-order valence-electron chi connectivity index (χ4n) is 5.02. The normalized spacial score (nSPS) is 19.3. The number of hydrogen-bond acceptors (Lipinski definition) is 3. The first-order valence-corrected chi connectivity index (χ1v) is 12.9. The van der Waals surface area contributed by atoms with Crippen molar-refractivity contribution in [2.75, 3.05) is 45.8 Å². The Kier molecular flexibility index (Phi) is 7.59. The summed E-state index contributed by atoms with van der Waals surface area (Å²) < 4.78 is 2.26. The van der Waals surface area contributed by atoms with Crippen LogP contribution in [-0.4, -0.2) is 71.0 Å². The summed E-state index contributed by atoms with van der Waals surface area (Å²) >= 11 is 12.5. The van der Waals surface area contributed by atoms with Crippen molar-refractivity contribution in [1.29, 1.82) is 0 Å². The second kappa shape index (κ2) is 11.0. The lowest BCUT2D eigenvalue weighted by Crippen LogP contribution is -2.52. The summed E-state index contributed by atoms with van der Waals surface area (Å²) in [6, 6.07) is 20.3. The quantitative estimate of drug-likeness (QED) is 0.466. The molecule has 0 saturated carbocycles. The van der Waals surface area contributed by atoms with Crippen molar-refractivity contribution in [3.63, 3.8) is 0 Å². The van der Waals surface area contributed by atoms with Gasteiger partial charge in [0.1, 0.15) is 0 Å². The molecule has 2 aromatic carbocycles. The standard InChI is InChI=1S/C28H30Cl2N4O/c29-24-11-10-23(20-25(24)30)28-26-9-5-13-32(26)18-19-34(28)21-27(35)33-16-14-31(15-17-33)12-4-8-22-6-2-1-3-7-22/h1-11,13,20,28H,12,14-19,21H2/b8-4+. The Bertz CT molecular complexity index is 1180. The van der Waals surface area contributed by atoms with Gasteiger partial charge in [-0.25, -0.2) is 0 Å². The molecule has 182 valence electrons. The van der Waals surface area contributed by atoms with E-state index in [1.165, 1.54) is 11.3 Å². The molecule has 1 fully saturated rings. The molecule has 3 aromatic rings. The Morgan fingerprint density at radius 3 is 2.46 bits per heavy atom. The van der Waals surface area contributed by atoms with E-state index in [0.29, 0.717) is 16.6 Å². The van der Waals surface area contributed by atoms with Crippen LogP contribution in [0.1, 0.15) is 22.9 Å². The minimum atomic E-state index is -0.0260. The van der Waals surface area contributed by atoms with Crippen molar-refractivity contribution in [1.82, 2.24) is 19.3 Å². The third-order valence-corrected chi connectivity index (χ3v) is 7.67. The van der Waals surface area contributed by atoms with Gasteiger partial charge in [0.05, 0.1) is 22.6 Å². The average Bonchev–Trinajstić information content (AvgIpc) is 3.36. The van der Waals surface area contributed by atoms with Crippen molar-refractivity contribution < 1.29 is 4.79 Å². The summed E-state index contributed by atoms with van der Waals surface area (Å²) in [5.41, 5.74) is 3.45. The van der Waals surface area contributed by atoms with Crippen LogP contribution in [0.3, 0.4) is 0 Å². The zero-order chi connectivity index (χ0) is 24.2. The van der Waals surface area contributed by atoms with Crippen LogP contribution in [0.4, 0.5) is 0 Å². The predicted molar refractivity (Wildman–Crippen MR) is 143 cm³/mol. The number of hydrogen-bond donors (Lipinski definition) is 0. The number of nitrogens with zero attached hydrogens (tertiary/aromatic N) is 4. The molecular formula is C28H30Cl2N4O. The van der Waals surface area contributed by atoms with E-state index < -0.39 is 0 Å². The molecule has 5 rings (SSSR count). The van der Waals surface area contributed by atoms with Gasteiger partial charge in [0, 0.05) is 57.7 Å². The Balaban J connectivity index is 1.20. The van der Waals surface area contributed by atoms with Gasteiger partial charge in [0.2, 0.25) is 5.91 Å². The minimum absolute atomic E-state index is 0.0260. The summed E-state index contributed by atoms with van der Waals surface area (Å²) in [6.45, 7) is 6.29. The third kappa shape index (κ3) is 5.65. The van der Waals surface area contributed by atoms with Crippen molar-refractivity contribution >= 4 is 35.2 Å². The van der Waals surface area contributed by atoms with E-state index in [2.05, 4.69) is 69.1 Å². The molecule has 5 nitrogen and oxygen atoms in total. The van der Waals surface area contributed by atoms with Crippen LogP contribution in [0.2, 0.25) is 10.0 Å². The first kappa shape index (κ1) is 24.1. The van der Waals surface area contributed by atoms with Gasteiger partial charge in [-0.2, -0.15) is 0 Å². The van der Waals surface area contributed by atoms with Crippen molar-refractivity contribution in [2.24, 2.45) is 0 Å². The lowest BCUT2D eigenvalue weighted by molar-refractivity contribution is -0.134.